The van der Waals surface area contributed by atoms with Gasteiger partial charge in [0.2, 0.25) is 0 Å². The smallest absolute Gasteiger partial charge is 0.136 e. The first-order valence-electron chi connectivity index (χ1n) is 3.43. The zero-order valence-corrected chi connectivity index (χ0v) is 5.69. The lowest BCUT2D eigenvalue weighted by molar-refractivity contribution is 0.704. The lowest BCUT2D eigenvalue weighted by Gasteiger charge is -1.87. The van der Waals surface area contributed by atoms with Crippen molar-refractivity contribution in [2.75, 3.05) is 6.54 Å². The van der Waals surface area contributed by atoms with Crippen molar-refractivity contribution >= 4 is 0 Å². The molecule has 0 spiro atoms. The predicted octanol–water partition coefficient (Wildman–Crippen LogP) is 1.73. The summed E-state index contributed by atoms with van der Waals surface area (Å²) in [5.41, 5.74) is 5.26. The maximum absolute atomic E-state index is 5.26. The van der Waals surface area contributed by atoms with Gasteiger partial charge in [-0.15, -0.1) is 0 Å². The topological polar surface area (TPSA) is 26.0 Å². The summed E-state index contributed by atoms with van der Waals surface area (Å²) in [6, 6.07) is 0. The van der Waals surface area contributed by atoms with Crippen molar-refractivity contribution in [3.05, 3.63) is 6.42 Å². The van der Waals surface area contributed by atoms with Gasteiger partial charge in [0.05, 0.1) is 12.8 Å². The molecule has 0 aromatic heterocycles. The van der Waals surface area contributed by atoms with E-state index in [2.05, 4.69) is 13.3 Å². The van der Waals surface area contributed by atoms with E-state index in [-0.39, 0.29) is 0 Å². The molecule has 48 valence electrons. The van der Waals surface area contributed by atoms with Gasteiger partial charge >= 0.3 is 0 Å². The molecule has 0 saturated heterocycles. The molecule has 0 aliphatic heterocycles. The largest absolute Gasteiger partial charge is 0.293 e. The Hall–Kier alpha value is -0.170. The van der Waals surface area contributed by atoms with Crippen LogP contribution in [0, 0.1) is 6.42 Å². The highest BCUT2D eigenvalue weighted by atomic mass is 14.5. The first-order valence-corrected chi connectivity index (χ1v) is 3.43. The molecule has 0 fully saturated rings. The third-order valence-corrected chi connectivity index (χ3v) is 1.18. The Balaban J connectivity index is 2.53. The number of hydrogen-bond acceptors (Lipinski definition) is 1. The molecule has 0 heterocycles. The van der Waals surface area contributed by atoms with Gasteiger partial charge in [0.1, 0.15) is 6.54 Å². The van der Waals surface area contributed by atoms with E-state index >= 15 is 0 Å². The Morgan fingerprint density at radius 2 is 2.12 bits per heavy atom. The SMILES string of the molecule is CCCCC[CH+]CN. The normalized spacial score (nSPS) is 9.25. The minimum absolute atomic E-state index is 0.740. The highest BCUT2D eigenvalue weighted by molar-refractivity contribution is 4.63. The number of unbranched alkanes of at least 4 members (excludes halogenated alkanes) is 4. The summed E-state index contributed by atoms with van der Waals surface area (Å²) in [5, 5.41) is 0. The van der Waals surface area contributed by atoms with Gasteiger partial charge in [-0.2, -0.15) is 0 Å². The van der Waals surface area contributed by atoms with E-state index in [1.54, 1.807) is 0 Å². The summed E-state index contributed by atoms with van der Waals surface area (Å²) in [5.74, 6) is 0. The van der Waals surface area contributed by atoms with Crippen molar-refractivity contribution in [2.24, 2.45) is 5.73 Å². The van der Waals surface area contributed by atoms with E-state index in [1.165, 1.54) is 25.7 Å². The molecule has 0 aromatic rings. The van der Waals surface area contributed by atoms with Crippen molar-refractivity contribution in [1.82, 2.24) is 0 Å². The monoisotopic (exact) mass is 114 g/mol. The zero-order chi connectivity index (χ0) is 6.24. The molecule has 0 bridgehead atoms. The molecule has 0 aliphatic carbocycles. The van der Waals surface area contributed by atoms with Crippen molar-refractivity contribution in [3.63, 3.8) is 0 Å². The Labute approximate surface area is 52.3 Å². The average molecular weight is 114 g/mol. The van der Waals surface area contributed by atoms with Gasteiger partial charge in [-0.3, -0.25) is 5.73 Å². The second-order valence-corrected chi connectivity index (χ2v) is 2.02. The molecule has 0 saturated carbocycles. The Morgan fingerprint density at radius 3 is 2.62 bits per heavy atom. The van der Waals surface area contributed by atoms with Gasteiger partial charge in [0.15, 0.2) is 0 Å². The molecule has 2 N–H and O–H groups in total. The van der Waals surface area contributed by atoms with Crippen LogP contribution < -0.4 is 5.73 Å². The average Bonchev–Trinajstić information content (AvgIpc) is 1.81. The first-order chi connectivity index (χ1) is 3.91. The van der Waals surface area contributed by atoms with Gasteiger partial charge in [-0.25, -0.2) is 0 Å². The van der Waals surface area contributed by atoms with Crippen LogP contribution in [0.1, 0.15) is 32.6 Å². The van der Waals surface area contributed by atoms with E-state index in [0.717, 1.165) is 6.54 Å². The van der Waals surface area contributed by atoms with Crippen LogP contribution in [0.15, 0.2) is 0 Å². The zero-order valence-electron chi connectivity index (χ0n) is 5.69. The molecule has 0 aliphatic rings. The molecular formula is C7H16N+. The Bertz CT molecular complexity index is 29.4. The second kappa shape index (κ2) is 6.83. The van der Waals surface area contributed by atoms with E-state index in [4.69, 9.17) is 5.73 Å². The van der Waals surface area contributed by atoms with Gasteiger partial charge in [-0.1, -0.05) is 13.3 Å². The highest BCUT2D eigenvalue weighted by Crippen LogP contribution is 1.99. The van der Waals surface area contributed by atoms with E-state index < -0.39 is 0 Å². The highest BCUT2D eigenvalue weighted by Gasteiger charge is 1.91. The third-order valence-electron chi connectivity index (χ3n) is 1.18. The maximum atomic E-state index is 5.26. The van der Waals surface area contributed by atoms with E-state index in [1.807, 2.05) is 0 Å². The van der Waals surface area contributed by atoms with Crippen LogP contribution in [0.4, 0.5) is 0 Å². The summed E-state index contributed by atoms with van der Waals surface area (Å²) < 4.78 is 0. The van der Waals surface area contributed by atoms with Crippen molar-refractivity contribution in [1.29, 1.82) is 0 Å². The predicted molar refractivity (Wildman–Crippen MR) is 37.5 cm³/mol. The number of hydrogen-bond donors (Lipinski definition) is 1. The Kier molecular flexibility index (Phi) is 6.68. The number of nitrogens with two attached hydrogens (primary N) is 1. The van der Waals surface area contributed by atoms with Crippen LogP contribution in [0.3, 0.4) is 0 Å². The summed E-state index contributed by atoms with van der Waals surface area (Å²) in [6.07, 6.45) is 7.29. The van der Waals surface area contributed by atoms with Gasteiger partial charge in [0, 0.05) is 0 Å². The molecule has 0 aromatic carbocycles. The quantitative estimate of drug-likeness (QED) is 0.427. The van der Waals surface area contributed by atoms with Crippen LogP contribution in [-0.2, 0) is 0 Å². The summed E-state index contributed by atoms with van der Waals surface area (Å²) in [4.78, 5) is 0. The third kappa shape index (κ3) is 5.83. The molecule has 8 heavy (non-hydrogen) atoms. The standard InChI is InChI=1S/C7H16N/c1-2-3-4-5-6-7-8/h6H,2-5,7-8H2,1H3/q+1. The van der Waals surface area contributed by atoms with Crippen LogP contribution in [0.25, 0.3) is 0 Å². The first kappa shape index (κ1) is 7.83. The Morgan fingerprint density at radius 1 is 1.38 bits per heavy atom. The molecule has 0 radical (unpaired) electrons. The molecule has 1 heteroatoms. The van der Waals surface area contributed by atoms with E-state index in [0.29, 0.717) is 0 Å². The number of rotatable bonds is 5. The summed E-state index contributed by atoms with van der Waals surface area (Å²) in [7, 11) is 0. The molecular weight excluding hydrogens is 98.1 g/mol. The molecule has 0 atom stereocenters. The molecule has 0 unspecified atom stereocenters. The van der Waals surface area contributed by atoms with Gasteiger partial charge in [0.25, 0.3) is 0 Å². The van der Waals surface area contributed by atoms with Crippen molar-refractivity contribution < 1.29 is 0 Å². The van der Waals surface area contributed by atoms with Gasteiger partial charge in [-0.05, 0) is 12.8 Å². The fourth-order valence-electron chi connectivity index (χ4n) is 0.657. The second-order valence-electron chi connectivity index (χ2n) is 2.02. The molecule has 0 amide bonds. The maximum Gasteiger partial charge on any atom is 0.136 e. The lowest BCUT2D eigenvalue weighted by atomic mass is 10.2. The molecule has 1 nitrogen and oxygen atoms in total. The summed E-state index contributed by atoms with van der Waals surface area (Å²) in [6.45, 7) is 2.95. The van der Waals surface area contributed by atoms with Crippen LogP contribution in [0.5, 0.6) is 0 Å². The fourth-order valence-corrected chi connectivity index (χ4v) is 0.657. The van der Waals surface area contributed by atoms with Gasteiger partial charge < -0.3 is 0 Å². The van der Waals surface area contributed by atoms with E-state index in [9.17, 15) is 0 Å². The van der Waals surface area contributed by atoms with Crippen molar-refractivity contribution in [3.8, 4) is 0 Å². The minimum atomic E-state index is 0.740. The fraction of sp³-hybridized carbons (Fsp3) is 0.857. The van der Waals surface area contributed by atoms with Crippen LogP contribution >= 0.6 is 0 Å². The lowest BCUT2D eigenvalue weighted by Crippen LogP contribution is -1.98. The minimum Gasteiger partial charge on any atom is -0.293 e. The van der Waals surface area contributed by atoms with Crippen molar-refractivity contribution in [2.45, 2.75) is 32.6 Å². The molecule has 0 rings (SSSR count). The van der Waals surface area contributed by atoms with Crippen LogP contribution in [0.2, 0.25) is 0 Å². The summed E-state index contributed by atoms with van der Waals surface area (Å²) >= 11 is 0. The van der Waals surface area contributed by atoms with Crippen LogP contribution in [-0.4, -0.2) is 6.54 Å².